The molecule has 0 aromatic heterocycles. The molecule has 1 aliphatic rings. The number of nitrogen functional groups attached to an aromatic ring is 1. The van der Waals surface area contributed by atoms with Crippen LogP contribution in [0.15, 0.2) is 23.1 Å². The number of carbonyl (C=O) groups is 1. The third-order valence-corrected chi connectivity index (χ3v) is 4.42. The van der Waals surface area contributed by atoms with Gasteiger partial charge in [0.2, 0.25) is 5.91 Å². The topological polar surface area (TPSA) is 63.4 Å². The lowest BCUT2D eigenvalue weighted by atomic mass is 10.3. The Kier molecular flexibility index (Phi) is 3.15. The highest BCUT2D eigenvalue weighted by Crippen LogP contribution is 2.23. The summed E-state index contributed by atoms with van der Waals surface area (Å²) in [6.07, 6.45) is 0.526. The average Bonchev–Trinajstić information content (AvgIpc) is 2.57. The summed E-state index contributed by atoms with van der Waals surface area (Å²) in [7, 11) is 0.125. The number of nitrogens with zero attached hydrogens (tertiary/aromatic N) is 1. The zero-order chi connectivity index (χ0) is 12.6. The summed E-state index contributed by atoms with van der Waals surface area (Å²) in [5.74, 6) is -0.696. The van der Waals surface area contributed by atoms with Gasteiger partial charge in [0, 0.05) is 24.2 Å². The molecule has 4 nitrogen and oxygen atoms in total. The van der Waals surface area contributed by atoms with E-state index in [0.29, 0.717) is 13.0 Å². The standard InChI is InChI=1S/C11H13FN2O2S/c1-14-3-2-10(11(14)15)17(16)9-5-7(12)4-8(13)6-9/h4-6,10H,2-3,13H2,1H3. The van der Waals surface area contributed by atoms with Gasteiger partial charge in [0.1, 0.15) is 11.1 Å². The summed E-state index contributed by atoms with van der Waals surface area (Å²) < 4.78 is 25.3. The van der Waals surface area contributed by atoms with Crippen molar-refractivity contribution in [3.63, 3.8) is 0 Å². The summed E-state index contributed by atoms with van der Waals surface area (Å²) in [6.45, 7) is 0.583. The Morgan fingerprint density at radius 1 is 1.47 bits per heavy atom. The molecule has 0 bridgehead atoms. The molecular weight excluding hydrogens is 243 g/mol. The zero-order valence-electron chi connectivity index (χ0n) is 9.35. The molecule has 1 aromatic rings. The van der Waals surface area contributed by atoms with E-state index in [4.69, 9.17) is 5.73 Å². The molecule has 2 atom stereocenters. The summed E-state index contributed by atoms with van der Waals surface area (Å²) in [5.41, 5.74) is 5.70. The quantitative estimate of drug-likeness (QED) is 0.794. The Labute approximate surface area is 101 Å². The highest BCUT2D eigenvalue weighted by molar-refractivity contribution is 7.86. The van der Waals surface area contributed by atoms with Crippen LogP contribution in [0, 0.1) is 5.82 Å². The van der Waals surface area contributed by atoms with E-state index >= 15 is 0 Å². The normalized spacial score (nSPS) is 21.9. The summed E-state index contributed by atoms with van der Waals surface area (Å²) >= 11 is 0. The SMILES string of the molecule is CN1CCC(S(=O)c2cc(N)cc(F)c2)C1=O. The predicted molar refractivity (Wildman–Crippen MR) is 63.3 cm³/mol. The van der Waals surface area contributed by atoms with Crippen molar-refractivity contribution in [1.29, 1.82) is 0 Å². The van der Waals surface area contributed by atoms with E-state index in [9.17, 15) is 13.4 Å². The number of anilines is 1. The fourth-order valence-electron chi connectivity index (χ4n) is 1.85. The fraction of sp³-hybridized carbons (Fsp3) is 0.364. The number of nitrogens with two attached hydrogens (primary N) is 1. The van der Waals surface area contributed by atoms with Crippen molar-refractivity contribution in [2.75, 3.05) is 19.3 Å². The van der Waals surface area contributed by atoms with Gasteiger partial charge in [-0.05, 0) is 24.6 Å². The first-order valence-electron chi connectivity index (χ1n) is 5.20. The van der Waals surface area contributed by atoms with Crippen LogP contribution < -0.4 is 5.73 Å². The Bertz CT molecular complexity index is 472. The van der Waals surface area contributed by atoms with Crippen LogP contribution in [0.1, 0.15) is 6.42 Å². The van der Waals surface area contributed by atoms with Gasteiger partial charge < -0.3 is 10.6 Å². The van der Waals surface area contributed by atoms with Crippen molar-refractivity contribution in [1.82, 2.24) is 4.90 Å². The van der Waals surface area contributed by atoms with Crippen LogP contribution in [0.5, 0.6) is 0 Å². The van der Waals surface area contributed by atoms with E-state index in [1.54, 1.807) is 7.05 Å². The molecule has 2 N–H and O–H groups in total. The number of halogens is 1. The molecule has 92 valence electrons. The molecule has 1 aliphatic heterocycles. The van der Waals surface area contributed by atoms with Gasteiger partial charge in [-0.15, -0.1) is 0 Å². The van der Waals surface area contributed by atoms with Crippen molar-refractivity contribution >= 4 is 22.4 Å². The number of rotatable bonds is 2. The molecule has 1 heterocycles. The third-order valence-electron chi connectivity index (χ3n) is 2.76. The molecule has 17 heavy (non-hydrogen) atoms. The van der Waals surface area contributed by atoms with Crippen LogP contribution in [0.4, 0.5) is 10.1 Å². The summed E-state index contributed by atoms with van der Waals surface area (Å²) in [6, 6.07) is 3.77. The lowest BCUT2D eigenvalue weighted by molar-refractivity contribution is -0.126. The van der Waals surface area contributed by atoms with E-state index in [1.807, 2.05) is 0 Å². The summed E-state index contributed by atoms with van der Waals surface area (Å²) in [4.78, 5) is 13.5. The van der Waals surface area contributed by atoms with Gasteiger partial charge >= 0.3 is 0 Å². The van der Waals surface area contributed by atoms with Crippen LogP contribution in [0.25, 0.3) is 0 Å². The predicted octanol–water partition coefficient (Wildman–Crippen LogP) is 0.746. The molecule has 2 rings (SSSR count). The number of amides is 1. The zero-order valence-corrected chi connectivity index (χ0v) is 10.2. The first-order chi connectivity index (χ1) is 7.99. The van der Waals surface area contributed by atoms with Crippen molar-refractivity contribution in [3.8, 4) is 0 Å². The highest BCUT2D eigenvalue weighted by Gasteiger charge is 2.34. The van der Waals surface area contributed by atoms with E-state index in [1.165, 1.54) is 11.0 Å². The van der Waals surface area contributed by atoms with E-state index in [0.717, 1.165) is 12.1 Å². The number of hydrogen-bond donors (Lipinski definition) is 1. The van der Waals surface area contributed by atoms with Crippen molar-refractivity contribution in [2.45, 2.75) is 16.6 Å². The third kappa shape index (κ3) is 2.31. The van der Waals surface area contributed by atoms with Crippen molar-refractivity contribution < 1.29 is 13.4 Å². The number of benzene rings is 1. The monoisotopic (exact) mass is 256 g/mol. The maximum absolute atomic E-state index is 13.1. The molecule has 1 amide bonds. The van der Waals surface area contributed by atoms with Gasteiger partial charge in [-0.2, -0.15) is 0 Å². The van der Waals surface area contributed by atoms with Crippen LogP contribution in [-0.2, 0) is 15.6 Å². The fourth-order valence-corrected chi connectivity index (χ4v) is 3.35. The minimum absolute atomic E-state index is 0.161. The Hall–Kier alpha value is -1.43. The van der Waals surface area contributed by atoms with Gasteiger partial charge in [-0.1, -0.05) is 0 Å². The maximum atomic E-state index is 13.1. The van der Waals surface area contributed by atoms with E-state index in [2.05, 4.69) is 0 Å². The lowest BCUT2D eigenvalue weighted by Crippen LogP contribution is -2.28. The van der Waals surface area contributed by atoms with E-state index in [-0.39, 0.29) is 16.5 Å². The molecule has 0 aliphatic carbocycles. The first kappa shape index (κ1) is 12.0. The molecular formula is C11H13FN2O2S. The molecule has 6 heteroatoms. The van der Waals surface area contributed by atoms with Crippen molar-refractivity contribution in [3.05, 3.63) is 24.0 Å². The molecule has 0 spiro atoms. The molecule has 1 saturated heterocycles. The molecule has 2 unspecified atom stereocenters. The largest absolute Gasteiger partial charge is 0.399 e. The van der Waals surface area contributed by atoms with Gasteiger partial charge in [0.15, 0.2) is 0 Å². The highest BCUT2D eigenvalue weighted by atomic mass is 32.2. The van der Waals surface area contributed by atoms with Crippen LogP contribution >= 0.6 is 0 Å². The number of likely N-dealkylation sites (tertiary alicyclic amines) is 1. The van der Waals surface area contributed by atoms with Gasteiger partial charge in [-0.25, -0.2) is 4.39 Å². The second-order valence-corrected chi connectivity index (χ2v) is 5.69. The molecule has 0 radical (unpaired) electrons. The summed E-state index contributed by atoms with van der Waals surface area (Å²) in [5, 5.41) is -0.582. The minimum atomic E-state index is -1.54. The Morgan fingerprint density at radius 3 is 2.71 bits per heavy atom. The Morgan fingerprint density at radius 2 is 2.18 bits per heavy atom. The average molecular weight is 256 g/mol. The van der Waals surface area contributed by atoms with Gasteiger partial charge in [0.05, 0.1) is 10.8 Å². The minimum Gasteiger partial charge on any atom is -0.399 e. The van der Waals surface area contributed by atoms with Crippen LogP contribution in [0.3, 0.4) is 0 Å². The van der Waals surface area contributed by atoms with Crippen LogP contribution in [0.2, 0.25) is 0 Å². The Balaban J connectivity index is 2.28. The smallest absolute Gasteiger partial charge is 0.238 e. The maximum Gasteiger partial charge on any atom is 0.238 e. The molecule has 1 fully saturated rings. The molecule has 1 aromatic carbocycles. The van der Waals surface area contributed by atoms with Crippen molar-refractivity contribution in [2.24, 2.45) is 0 Å². The van der Waals surface area contributed by atoms with Crippen LogP contribution in [-0.4, -0.2) is 33.9 Å². The van der Waals surface area contributed by atoms with Gasteiger partial charge in [-0.3, -0.25) is 9.00 Å². The lowest BCUT2D eigenvalue weighted by Gasteiger charge is -2.10. The second kappa shape index (κ2) is 4.44. The number of hydrogen-bond acceptors (Lipinski definition) is 3. The number of carbonyl (C=O) groups excluding carboxylic acids is 1. The molecule has 0 saturated carbocycles. The van der Waals surface area contributed by atoms with Gasteiger partial charge in [0.25, 0.3) is 0 Å². The second-order valence-electron chi connectivity index (χ2n) is 4.05. The van der Waals surface area contributed by atoms with E-state index < -0.39 is 21.9 Å². The first-order valence-corrected chi connectivity index (χ1v) is 6.42.